The summed E-state index contributed by atoms with van der Waals surface area (Å²) < 4.78 is 1.09. The van der Waals surface area contributed by atoms with Crippen molar-refractivity contribution < 1.29 is 4.79 Å². The van der Waals surface area contributed by atoms with Crippen molar-refractivity contribution in [3.05, 3.63) is 63.6 Å². The average molecular weight is 347 g/mol. The van der Waals surface area contributed by atoms with Crippen LogP contribution in [0.2, 0.25) is 0 Å². The third-order valence-electron chi connectivity index (χ3n) is 3.46. The van der Waals surface area contributed by atoms with Crippen molar-refractivity contribution in [3.8, 4) is 0 Å². The topological polar surface area (TPSA) is 41.1 Å². The molecule has 0 aliphatic heterocycles. The lowest BCUT2D eigenvalue weighted by Crippen LogP contribution is -2.18. The van der Waals surface area contributed by atoms with E-state index in [1.54, 1.807) is 7.05 Å². The quantitative estimate of drug-likeness (QED) is 0.866. The summed E-state index contributed by atoms with van der Waals surface area (Å²) in [6.07, 6.45) is 0. The van der Waals surface area contributed by atoms with Crippen molar-refractivity contribution in [2.75, 3.05) is 12.4 Å². The highest BCUT2D eigenvalue weighted by molar-refractivity contribution is 9.10. The number of carbonyl (C=O) groups excluding carboxylic acids is 1. The molecular formula is C17H19BrN2O. The maximum absolute atomic E-state index is 11.6. The summed E-state index contributed by atoms with van der Waals surface area (Å²) in [5, 5.41) is 6.13. The van der Waals surface area contributed by atoms with E-state index in [0.29, 0.717) is 5.56 Å². The van der Waals surface area contributed by atoms with Crippen LogP contribution in [0, 0.1) is 6.92 Å². The summed E-state index contributed by atoms with van der Waals surface area (Å²) in [5.74, 6) is -0.0662. The Morgan fingerprint density at radius 2 is 1.90 bits per heavy atom. The van der Waals surface area contributed by atoms with Gasteiger partial charge in [-0.2, -0.15) is 0 Å². The molecule has 1 atom stereocenters. The Hall–Kier alpha value is -1.81. The van der Waals surface area contributed by atoms with Gasteiger partial charge in [0.1, 0.15) is 0 Å². The van der Waals surface area contributed by atoms with Crippen LogP contribution in [-0.4, -0.2) is 13.0 Å². The molecule has 2 N–H and O–H groups in total. The van der Waals surface area contributed by atoms with Gasteiger partial charge in [0, 0.05) is 28.8 Å². The van der Waals surface area contributed by atoms with Gasteiger partial charge in [0.05, 0.1) is 0 Å². The molecule has 0 radical (unpaired) electrons. The summed E-state index contributed by atoms with van der Waals surface area (Å²) in [6.45, 7) is 4.12. The highest BCUT2D eigenvalue weighted by atomic mass is 79.9. The normalized spacial score (nSPS) is 11.8. The molecule has 0 saturated heterocycles. The maximum atomic E-state index is 11.6. The number of nitrogens with one attached hydrogen (secondary N) is 2. The van der Waals surface area contributed by atoms with Gasteiger partial charge in [-0.15, -0.1) is 0 Å². The Morgan fingerprint density at radius 3 is 2.52 bits per heavy atom. The maximum Gasteiger partial charge on any atom is 0.251 e. The summed E-state index contributed by atoms with van der Waals surface area (Å²) in [5.41, 5.74) is 3.96. The van der Waals surface area contributed by atoms with Crippen LogP contribution in [0.25, 0.3) is 0 Å². The second-order valence-corrected chi connectivity index (χ2v) is 5.85. The van der Waals surface area contributed by atoms with E-state index in [0.717, 1.165) is 15.7 Å². The van der Waals surface area contributed by atoms with Gasteiger partial charge in [-0.1, -0.05) is 34.1 Å². The molecular weight excluding hydrogens is 328 g/mol. The molecule has 1 amide bonds. The first-order valence-electron chi connectivity index (χ1n) is 6.86. The minimum absolute atomic E-state index is 0.0662. The van der Waals surface area contributed by atoms with Crippen LogP contribution in [-0.2, 0) is 0 Å². The summed E-state index contributed by atoms with van der Waals surface area (Å²) in [4.78, 5) is 11.6. The molecule has 2 rings (SSSR count). The van der Waals surface area contributed by atoms with Gasteiger partial charge in [0.25, 0.3) is 5.91 Å². The molecule has 0 aliphatic carbocycles. The van der Waals surface area contributed by atoms with Crippen molar-refractivity contribution >= 4 is 27.5 Å². The van der Waals surface area contributed by atoms with Gasteiger partial charge < -0.3 is 10.6 Å². The van der Waals surface area contributed by atoms with Gasteiger partial charge in [-0.25, -0.2) is 0 Å². The Balaban J connectivity index is 2.20. The second-order valence-electron chi connectivity index (χ2n) is 5.00. The van der Waals surface area contributed by atoms with Crippen LogP contribution < -0.4 is 10.6 Å². The summed E-state index contributed by atoms with van der Waals surface area (Å²) in [7, 11) is 1.64. The molecule has 21 heavy (non-hydrogen) atoms. The Bertz CT molecular complexity index is 655. The van der Waals surface area contributed by atoms with Crippen LogP contribution in [0.15, 0.2) is 46.9 Å². The molecule has 110 valence electrons. The molecule has 2 aromatic carbocycles. The van der Waals surface area contributed by atoms with E-state index in [2.05, 4.69) is 39.6 Å². The minimum atomic E-state index is -0.0662. The standard InChI is InChI=1S/C17H19BrN2O/c1-11-10-13(17(21)19-3)8-9-16(11)20-12(2)14-6-4-5-7-15(14)18/h4-10,12,20H,1-3H3,(H,19,21). The highest BCUT2D eigenvalue weighted by Gasteiger charge is 2.11. The fourth-order valence-corrected chi connectivity index (χ4v) is 2.88. The first-order chi connectivity index (χ1) is 10.0. The first kappa shape index (κ1) is 15.6. The lowest BCUT2D eigenvalue weighted by molar-refractivity contribution is 0.0963. The third-order valence-corrected chi connectivity index (χ3v) is 4.18. The molecule has 0 heterocycles. The van der Waals surface area contributed by atoms with E-state index in [9.17, 15) is 4.79 Å². The second kappa shape index (κ2) is 6.76. The van der Waals surface area contributed by atoms with Crippen molar-refractivity contribution in [2.45, 2.75) is 19.9 Å². The van der Waals surface area contributed by atoms with Crippen LogP contribution in [0.5, 0.6) is 0 Å². The van der Waals surface area contributed by atoms with Crippen molar-refractivity contribution in [2.24, 2.45) is 0 Å². The molecule has 0 spiro atoms. The van der Waals surface area contributed by atoms with Gasteiger partial charge in [0.2, 0.25) is 0 Å². The number of halogens is 1. The molecule has 0 bridgehead atoms. The zero-order chi connectivity index (χ0) is 15.4. The zero-order valence-electron chi connectivity index (χ0n) is 12.4. The van der Waals surface area contributed by atoms with E-state index in [-0.39, 0.29) is 11.9 Å². The van der Waals surface area contributed by atoms with Gasteiger partial charge in [-0.3, -0.25) is 4.79 Å². The van der Waals surface area contributed by atoms with E-state index >= 15 is 0 Å². The van der Waals surface area contributed by atoms with E-state index in [1.807, 2.05) is 43.3 Å². The number of aryl methyl sites for hydroxylation is 1. The molecule has 4 heteroatoms. The number of anilines is 1. The number of rotatable bonds is 4. The smallest absolute Gasteiger partial charge is 0.251 e. The number of amides is 1. The largest absolute Gasteiger partial charge is 0.378 e. The minimum Gasteiger partial charge on any atom is -0.378 e. The van der Waals surface area contributed by atoms with Crippen molar-refractivity contribution in [1.82, 2.24) is 5.32 Å². The van der Waals surface area contributed by atoms with Gasteiger partial charge in [-0.05, 0) is 49.2 Å². The molecule has 0 aliphatic rings. The number of hydrogen-bond acceptors (Lipinski definition) is 2. The Labute approximate surface area is 133 Å². The predicted molar refractivity (Wildman–Crippen MR) is 90.7 cm³/mol. The predicted octanol–water partition coefficient (Wildman–Crippen LogP) is 4.29. The zero-order valence-corrected chi connectivity index (χ0v) is 14.0. The van der Waals surface area contributed by atoms with Crippen LogP contribution in [0.1, 0.15) is 34.5 Å². The highest BCUT2D eigenvalue weighted by Crippen LogP contribution is 2.27. The van der Waals surface area contributed by atoms with E-state index in [4.69, 9.17) is 0 Å². The molecule has 1 unspecified atom stereocenters. The fourth-order valence-electron chi connectivity index (χ4n) is 2.25. The molecule has 2 aromatic rings. The summed E-state index contributed by atoms with van der Waals surface area (Å²) in [6, 6.07) is 14.0. The Kier molecular flexibility index (Phi) is 5.02. The van der Waals surface area contributed by atoms with E-state index in [1.165, 1.54) is 5.56 Å². The SMILES string of the molecule is CNC(=O)c1ccc(NC(C)c2ccccc2Br)c(C)c1. The monoisotopic (exact) mass is 346 g/mol. The fraction of sp³-hybridized carbons (Fsp3) is 0.235. The number of benzene rings is 2. The first-order valence-corrected chi connectivity index (χ1v) is 7.66. The molecule has 0 fully saturated rings. The van der Waals surface area contributed by atoms with Gasteiger partial charge in [0.15, 0.2) is 0 Å². The Morgan fingerprint density at radius 1 is 1.19 bits per heavy atom. The van der Waals surface area contributed by atoms with Crippen LogP contribution >= 0.6 is 15.9 Å². The molecule has 3 nitrogen and oxygen atoms in total. The van der Waals surface area contributed by atoms with E-state index < -0.39 is 0 Å². The van der Waals surface area contributed by atoms with Crippen molar-refractivity contribution in [3.63, 3.8) is 0 Å². The lowest BCUT2D eigenvalue weighted by atomic mass is 10.1. The average Bonchev–Trinajstić information content (AvgIpc) is 2.48. The van der Waals surface area contributed by atoms with Crippen LogP contribution in [0.3, 0.4) is 0 Å². The lowest BCUT2D eigenvalue weighted by Gasteiger charge is -2.19. The van der Waals surface area contributed by atoms with Crippen molar-refractivity contribution in [1.29, 1.82) is 0 Å². The summed E-state index contributed by atoms with van der Waals surface area (Å²) >= 11 is 3.58. The number of hydrogen-bond donors (Lipinski definition) is 2. The number of carbonyl (C=O) groups is 1. The van der Waals surface area contributed by atoms with Gasteiger partial charge >= 0.3 is 0 Å². The van der Waals surface area contributed by atoms with Crippen LogP contribution in [0.4, 0.5) is 5.69 Å². The molecule has 0 aromatic heterocycles. The third kappa shape index (κ3) is 3.64. The molecule has 0 saturated carbocycles.